The molecule has 1 amide bonds. The van der Waals surface area contributed by atoms with E-state index in [1.54, 1.807) is 54.7 Å². The molecule has 5 nitrogen and oxygen atoms in total. The van der Waals surface area contributed by atoms with E-state index in [0.29, 0.717) is 24.2 Å². The first-order valence-corrected chi connectivity index (χ1v) is 8.40. The van der Waals surface area contributed by atoms with Crippen molar-refractivity contribution in [3.05, 3.63) is 89.5 Å². The molecule has 0 saturated heterocycles. The van der Waals surface area contributed by atoms with Crippen LogP contribution < -0.4 is 10.6 Å². The maximum absolute atomic E-state index is 12.9. The van der Waals surface area contributed by atoms with Crippen molar-refractivity contribution in [3.8, 4) is 6.07 Å². The molecule has 2 N–H and O–H groups in total. The highest BCUT2D eigenvalue weighted by Gasteiger charge is 2.08. The Morgan fingerprint density at radius 2 is 1.78 bits per heavy atom. The monoisotopic (exact) mass is 360 g/mol. The zero-order valence-electron chi connectivity index (χ0n) is 14.4. The Labute approximate surface area is 156 Å². The van der Waals surface area contributed by atoms with Crippen LogP contribution in [-0.2, 0) is 6.42 Å². The number of benzene rings is 2. The zero-order valence-corrected chi connectivity index (χ0v) is 14.4. The topological polar surface area (TPSA) is 77.8 Å². The number of anilines is 2. The highest BCUT2D eigenvalue weighted by Crippen LogP contribution is 2.17. The van der Waals surface area contributed by atoms with E-state index in [1.165, 1.54) is 12.1 Å². The second kappa shape index (κ2) is 8.59. The zero-order chi connectivity index (χ0) is 19.1. The van der Waals surface area contributed by atoms with E-state index >= 15 is 0 Å². The number of carbonyl (C=O) groups excluding carboxylic acids is 1. The van der Waals surface area contributed by atoms with Crippen LogP contribution in [0, 0.1) is 17.1 Å². The van der Waals surface area contributed by atoms with Crippen molar-refractivity contribution >= 4 is 17.3 Å². The van der Waals surface area contributed by atoms with Crippen molar-refractivity contribution < 1.29 is 9.18 Å². The second-order valence-electron chi connectivity index (χ2n) is 5.88. The lowest BCUT2D eigenvalue weighted by molar-refractivity contribution is 0.0949. The van der Waals surface area contributed by atoms with Crippen LogP contribution in [0.4, 0.5) is 15.8 Å². The fourth-order valence-electron chi connectivity index (χ4n) is 2.49. The molecule has 0 aliphatic rings. The van der Waals surface area contributed by atoms with Gasteiger partial charge in [0.1, 0.15) is 11.5 Å². The van der Waals surface area contributed by atoms with Gasteiger partial charge in [-0.05, 0) is 60.5 Å². The number of nitrogens with zero attached hydrogens (tertiary/aromatic N) is 2. The summed E-state index contributed by atoms with van der Waals surface area (Å²) in [4.78, 5) is 16.4. The Kier molecular flexibility index (Phi) is 5.75. The van der Waals surface area contributed by atoms with E-state index in [4.69, 9.17) is 5.26 Å². The molecular formula is C21H17FN4O. The molecule has 3 aromatic rings. The van der Waals surface area contributed by atoms with E-state index in [-0.39, 0.29) is 11.7 Å². The molecule has 1 heterocycles. The minimum atomic E-state index is -0.279. The molecule has 3 rings (SSSR count). The van der Waals surface area contributed by atoms with E-state index in [9.17, 15) is 9.18 Å². The predicted octanol–water partition coefficient (Wildman–Crippen LogP) is 3.81. The number of aromatic nitrogens is 1. The Balaban J connectivity index is 1.57. The summed E-state index contributed by atoms with van der Waals surface area (Å²) < 4.78 is 12.9. The maximum Gasteiger partial charge on any atom is 0.269 e. The van der Waals surface area contributed by atoms with E-state index in [2.05, 4.69) is 21.7 Å². The molecule has 6 heteroatoms. The molecule has 0 aliphatic carbocycles. The molecule has 0 radical (unpaired) electrons. The summed E-state index contributed by atoms with van der Waals surface area (Å²) >= 11 is 0. The highest BCUT2D eigenvalue weighted by atomic mass is 19.1. The lowest BCUT2D eigenvalue weighted by Crippen LogP contribution is -2.26. The average Bonchev–Trinajstić information content (AvgIpc) is 2.70. The van der Waals surface area contributed by atoms with E-state index in [0.717, 1.165) is 16.9 Å². The lowest BCUT2D eigenvalue weighted by atomic mass is 10.1. The predicted molar refractivity (Wildman–Crippen MR) is 101 cm³/mol. The second-order valence-corrected chi connectivity index (χ2v) is 5.88. The van der Waals surface area contributed by atoms with Gasteiger partial charge in [0.2, 0.25) is 0 Å². The number of nitriles is 1. The lowest BCUT2D eigenvalue weighted by Gasteiger charge is -2.09. The van der Waals surface area contributed by atoms with Gasteiger partial charge < -0.3 is 10.6 Å². The van der Waals surface area contributed by atoms with Crippen molar-refractivity contribution in [2.75, 3.05) is 11.9 Å². The number of amides is 1. The molecule has 0 aliphatic heterocycles. The fraction of sp³-hybridized carbons (Fsp3) is 0.0952. The number of rotatable bonds is 6. The van der Waals surface area contributed by atoms with Crippen LogP contribution >= 0.6 is 0 Å². The minimum absolute atomic E-state index is 0.277. The van der Waals surface area contributed by atoms with Gasteiger partial charge >= 0.3 is 0 Å². The summed E-state index contributed by atoms with van der Waals surface area (Å²) in [5.74, 6) is -0.556. The SMILES string of the molecule is N#Cc1ccc(Nc2ccnc(C(=O)NCCc3ccc(F)cc3)c2)cc1. The molecular weight excluding hydrogens is 343 g/mol. The Morgan fingerprint density at radius 3 is 2.48 bits per heavy atom. The van der Waals surface area contributed by atoms with Crippen molar-refractivity contribution in [2.45, 2.75) is 6.42 Å². The minimum Gasteiger partial charge on any atom is -0.355 e. The molecule has 27 heavy (non-hydrogen) atoms. The summed E-state index contributed by atoms with van der Waals surface area (Å²) in [5.41, 5.74) is 3.35. The number of halogens is 1. The third-order valence-electron chi connectivity index (χ3n) is 3.91. The van der Waals surface area contributed by atoms with Gasteiger partial charge in [-0.1, -0.05) is 12.1 Å². The number of pyridine rings is 1. The number of carbonyl (C=O) groups is 1. The Morgan fingerprint density at radius 1 is 1.04 bits per heavy atom. The summed E-state index contributed by atoms with van der Waals surface area (Å²) in [6, 6.07) is 18.7. The first kappa shape index (κ1) is 18.1. The van der Waals surface area contributed by atoms with Crippen LogP contribution in [0.5, 0.6) is 0 Å². The van der Waals surface area contributed by atoms with Gasteiger partial charge in [0.25, 0.3) is 5.91 Å². The summed E-state index contributed by atoms with van der Waals surface area (Å²) in [7, 11) is 0. The first-order chi connectivity index (χ1) is 13.1. The van der Waals surface area contributed by atoms with Crippen LogP contribution in [0.3, 0.4) is 0 Å². The average molecular weight is 360 g/mol. The van der Waals surface area contributed by atoms with Crippen LogP contribution in [0.25, 0.3) is 0 Å². The first-order valence-electron chi connectivity index (χ1n) is 8.40. The van der Waals surface area contributed by atoms with Gasteiger partial charge in [-0.15, -0.1) is 0 Å². The number of nitrogens with one attached hydrogen (secondary N) is 2. The van der Waals surface area contributed by atoms with E-state index < -0.39 is 0 Å². The highest BCUT2D eigenvalue weighted by molar-refractivity contribution is 5.93. The van der Waals surface area contributed by atoms with Crippen molar-refractivity contribution in [3.63, 3.8) is 0 Å². The third kappa shape index (κ3) is 5.13. The quantitative estimate of drug-likeness (QED) is 0.701. The van der Waals surface area contributed by atoms with Gasteiger partial charge in [-0.25, -0.2) is 4.39 Å². The third-order valence-corrected chi connectivity index (χ3v) is 3.91. The van der Waals surface area contributed by atoms with Gasteiger partial charge in [0, 0.05) is 24.1 Å². The molecule has 0 saturated carbocycles. The summed E-state index contributed by atoms with van der Waals surface area (Å²) in [6.45, 7) is 0.430. The van der Waals surface area contributed by atoms with Crippen molar-refractivity contribution in [1.82, 2.24) is 10.3 Å². The molecule has 0 fully saturated rings. The van der Waals surface area contributed by atoms with E-state index in [1.807, 2.05) is 0 Å². The molecule has 0 bridgehead atoms. The Hall–Kier alpha value is -3.72. The molecule has 1 aromatic heterocycles. The molecule has 0 spiro atoms. The normalized spacial score (nSPS) is 10.1. The molecule has 134 valence electrons. The largest absolute Gasteiger partial charge is 0.355 e. The van der Waals surface area contributed by atoms with Crippen LogP contribution in [0.1, 0.15) is 21.6 Å². The van der Waals surface area contributed by atoms with Gasteiger partial charge in [0.15, 0.2) is 0 Å². The van der Waals surface area contributed by atoms with Crippen LogP contribution in [0.2, 0.25) is 0 Å². The van der Waals surface area contributed by atoms with Crippen LogP contribution in [0.15, 0.2) is 66.9 Å². The summed E-state index contributed by atoms with van der Waals surface area (Å²) in [6.07, 6.45) is 2.16. The van der Waals surface area contributed by atoms with Gasteiger partial charge in [-0.2, -0.15) is 5.26 Å². The number of hydrogen-bond acceptors (Lipinski definition) is 4. The molecule has 2 aromatic carbocycles. The van der Waals surface area contributed by atoms with Crippen LogP contribution in [-0.4, -0.2) is 17.4 Å². The maximum atomic E-state index is 12.9. The molecule has 0 atom stereocenters. The smallest absolute Gasteiger partial charge is 0.269 e. The van der Waals surface area contributed by atoms with Gasteiger partial charge in [0.05, 0.1) is 11.6 Å². The van der Waals surface area contributed by atoms with Crippen molar-refractivity contribution in [1.29, 1.82) is 5.26 Å². The van der Waals surface area contributed by atoms with Crippen molar-refractivity contribution in [2.24, 2.45) is 0 Å². The number of hydrogen-bond donors (Lipinski definition) is 2. The van der Waals surface area contributed by atoms with Gasteiger partial charge in [-0.3, -0.25) is 9.78 Å². The standard InChI is InChI=1S/C21H17FN4O/c22-17-5-1-15(2-6-17)9-11-25-21(27)20-13-19(10-12-24-20)26-18-7-3-16(14-23)4-8-18/h1-8,10,12-13H,9,11H2,(H,24,26)(H,25,27). The fourth-order valence-corrected chi connectivity index (χ4v) is 2.49. The molecule has 0 unspecified atom stereocenters. The Bertz CT molecular complexity index is 963. The summed E-state index contributed by atoms with van der Waals surface area (Å²) in [5, 5.41) is 14.8.